The van der Waals surface area contributed by atoms with Gasteiger partial charge in [0.15, 0.2) is 5.78 Å². The van der Waals surface area contributed by atoms with E-state index in [1.165, 1.54) is 11.1 Å². The number of hydrogen-bond donors (Lipinski definition) is 0. The smallest absolute Gasteiger partial charge is 0.250 e. The highest BCUT2D eigenvalue weighted by molar-refractivity contribution is 6.74. The number of benzene rings is 1. The Balaban J connectivity index is 1.60. The van der Waals surface area contributed by atoms with Crippen LogP contribution in [0.1, 0.15) is 70.4 Å². The molecular formula is C25H35NO2Si. The molecule has 1 unspecified atom stereocenters. The van der Waals surface area contributed by atoms with E-state index in [0.717, 1.165) is 37.9 Å². The van der Waals surface area contributed by atoms with Gasteiger partial charge in [-0.25, -0.2) is 0 Å². The van der Waals surface area contributed by atoms with Crippen molar-refractivity contribution in [1.82, 2.24) is 0 Å². The summed E-state index contributed by atoms with van der Waals surface area (Å²) in [5.74, 6) is 2.29. The molecule has 0 bridgehead atoms. The Bertz CT molecular complexity index is 878. The Hall–Kier alpha value is -1.60. The molecule has 5 atom stereocenters. The molecule has 1 aromatic rings. The molecular weight excluding hydrogens is 374 g/mol. The maximum atomic E-state index is 12.8. The fourth-order valence-corrected chi connectivity index (χ4v) is 7.02. The Morgan fingerprint density at radius 1 is 1.24 bits per heavy atom. The van der Waals surface area contributed by atoms with Crippen molar-refractivity contribution in [2.45, 2.75) is 83.8 Å². The molecule has 0 amide bonds. The molecule has 0 heterocycles. The van der Waals surface area contributed by atoms with Crippen molar-refractivity contribution in [1.29, 1.82) is 5.26 Å². The molecule has 3 nitrogen and oxygen atoms in total. The molecule has 2 saturated carbocycles. The lowest BCUT2D eigenvalue weighted by molar-refractivity contribution is -0.130. The minimum absolute atomic E-state index is 0.189. The number of aryl methyl sites for hydroxylation is 1. The van der Waals surface area contributed by atoms with E-state index in [-0.39, 0.29) is 22.2 Å². The second-order valence-corrected chi connectivity index (χ2v) is 16.1. The lowest BCUT2D eigenvalue weighted by Gasteiger charge is -2.48. The van der Waals surface area contributed by atoms with E-state index in [0.29, 0.717) is 17.8 Å². The molecule has 0 N–H and O–H groups in total. The van der Waals surface area contributed by atoms with Crippen molar-refractivity contribution in [2.24, 2.45) is 23.2 Å². The first kappa shape index (κ1) is 20.7. The highest BCUT2D eigenvalue weighted by Crippen LogP contribution is 2.60. The maximum Gasteiger partial charge on any atom is 0.250 e. The summed E-state index contributed by atoms with van der Waals surface area (Å²) in [6, 6.07) is 9.05. The van der Waals surface area contributed by atoms with E-state index >= 15 is 0 Å². The standard InChI is InChI=1S/C25H35NO2Si/c1-24(2,3)29(5,6)28-18-8-10-19-16(13-18)7-9-21-20(19)11-12-25(4)22(21)14-17(15-26)23(25)27/h8,10,13,17,20-22H,7,9,11-12,14H2,1-6H3/t17?,20-,21-,22+,25+/m1/s1. The molecule has 0 spiro atoms. The van der Waals surface area contributed by atoms with Crippen molar-refractivity contribution in [3.8, 4) is 11.8 Å². The van der Waals surface area contributed by atoms with Gasteiger partial charge < -0.3 is 4.43 Å². The normalized spacial score (nSPS) is 34.0. The molecule has 0 radical (unpaired) electrons. The largest absolute Gasteiger partial charge is 0.543 e. The van der Waals surface area contributed by atoms with Crippen molar-refractivity contribution in [3.05, 3.63) is 29.3 Å². The number of nitriles is 1. The number of hydrogen-bond acceptors (Lipinski definition) is 3. The Kier molecular flexibility index (Phi) is 4.78. The Morgan fingerprint density at radius 2 is 1.97 bits per heavy atom. The van der Waals surface area contributed by atoms with Gasteiger partial charge in [0.25, 0.3) is 0 Å². The lowest BCUT2D eigenvalue weighted by Crippen LogP contribution is -2.44. The van der Waals surface area contributed by atoms with Crippen LogP contribution in [-0.4, -0.2) is 14.1 Å². The number of Topliss-reactive ketones (excluding diaryl/α,β-unsaturated/α-hetero) is 1. The highest BCUT2D eigenvalue weighted by Gasteiger charge is 2.58. The van der Waals surface area contributed by atoms with Crippen LogP contribution in [0.4, 0.5) is 0 Å². The monoisotopic (exact) mass is 409 g/mol. The summed E-state index contributed by atoms with van der Waals surface area (Å²) in [6.45, 7) is 13.6. The summed E-state index contributed by atoms with van der Waals surface area (Å²) in [7, 11) is -1.84. The first-order valence-corrected chi connectivity index (χ1v) is 14.1. The topological polar surface area (TPSA) is 50.1 Å². The van der Waals surface area contributed by atoms with E-state index in [4.69, 9.17) is 4.43 Å². The number of nitrogens with zero attached hydrogens (tertiary/aromatic N) is 1. The van der Waals surface area contributed by atoms with Crippen LogP contribution >= 0.6 is 0 Å². The van der Waals surface area contributed by atoms with Crippen LogP contribution in [0, 0.1) is 34.5 Å². The maximum absolute atomic E-state index is 12.8. The molecule has 29 heavy (non-hydrogen) atoms. The Morgan fingerprint density at radius 3 is 2.62 bits per heavy atom. The molecule has 156 valence electrons. The summed E-state index contributed by atoms with van der Waals surface area (Å²) in [6.07, 6.45) is 4.96. The van der Waals surface area contributed by atoms with E-state index in [9.17, 15) is 10.1 Å². The second-order valence-electron chi connectivity index (χ2n) is 11.4. The van der Waals surface area contributed by atoms with Gasteiger partial charge in [-0.2, -0.15) is 5.26 Å². The van der Waals surface area contributed by atoms with Crippen LogP contribution in [0.3, 0.4) is 0 Å². The summed E-state index contributed by atoms with van der Waals surface area (Å²) < 4.78 is 6.55. The SMILES string of the molecule is CC(C)(C)[Si](C)(C)Oc1ccc2c(c1)CC[C@@H]1[C@@H]2CC[C@]2(C)C(=O)C(C#N)C[C@@H]12. The van der Waals surface area contributed by atoms with Crippen LogP contribution in [0.15, 0.2) is 18.2 Å². The molecule has 0 saturated heterocycles. The number of carbonyl (C=O) groups is 1. The molecule has 1 aromatic carbocycles. The third-order valence-corrected chi connectivity index (χ3v) is 13.2. The van der Waals surface area contributed by atoms with Crippen LogP contribution in [0.2, 0.25) is 18.1 Å². The van der Waals surface area contributed by atoms with E-state index < -0.39 is 8.32 Å². The van der Waals surface area contributed by atoms with Crippen LogP contribution in [0.5, 0.6) is 5.75 Å². The van der Waals surface area contributed by atoms with Gasteiger partial charge in [0.1, 0.15) is 11.7 Å². The number of carbonyl (C=O) groups excluding carboxylic acids is 1. The minimum Gasteiger partial charge on any atom is -0.543 e. The quantitative estimate of drug-likeness (QED) is 0.543. The molecule has 0 aliphatic heterocycles. The van der Waals surface area contributed by atoms with Gasteiger partial charge in [0.05, 0.1) is 6.07 Å². The fraction of sp³-hybridized carbons (Fsp3) is 0.680. The summed E-state index contributed by atoms with van der Waals surface area (Å²) in [5, 5.41) is 9.64. The summed E-state index contributed by atoms with van der Waals surface area (Å²) in [4.78, 5) is 12.8. The average molecular weight is 410 g/mol. The van der Waals surface area contributed by atoms with Gasteiger partial charge in [-0.3, -0.25) is 4.79 Å². The lowest BCUT2D eigenvalue weighted by atomic mass is 9.55. The highest BCUT2D eigenvalue weighted by atomic mass is 28.4. The predicted octanol–water partition coefficient (Wildman–Crippen LogP) is 6.25. The molecule has 0 aromatic heterocycles. The number of ketones is 1. The fourth-order valence-electron chi connectivity index (χ4n) is 6.00. The molecule has 4 heteroatoms. The average Bonchev–Trinajstić information content (AvgIpc) is 2.91. The second kappa shape index (κ2) is 6.70. The molecule has 3 aliphatic rings. The van der Waals surface area contributed by atoms with Gasteiger partial charge >= 0.3 is 0 Å². The van der Waals surface area contributed by atoms with Gasteiger partial charge in [-0.1, -0.05) is 33.8 Å². The van der Waals surface area contributed by atoms with Gasteiger partial charge in [0.2, 0.25) is 8.32 Å². The van der Waals surface area contributed by atoms with Crippen molar-refractivity contribution < 1.29 is 9.22 Å². The van der Waals surface area contributed by atoms with Crippen molar-refractivity contribution >= 4 is 14.1 Å². The minimum atomic E-state index is -1.84. The zero-order valence-corrected chi connectivity index (χ0v) is 19.8. The summed E-state index contributed by atoms with van der Waals surface area (Å²) >= 11 is 0. The number of fused-ring (bicyclic) bond motifs is 5. The third kappa shape index (κ3) is 3.17. The first-order chi connectivity index (χ1) is 13.5. The van der Waals surface area contributed by atoms with E-state index in [1.807, 2.05) is 0 Å². The zero-order chi connectivity index (χ0) is 21.2. The Labute approximate surface area is 177 Å². The third-order valence-electron chi connectivity index (χ3n) is 8.79. The van der Waals surface area contributed by atoms with Gasteiger partial charge in [-0.05, 0) is 91.2 Å². The van der Waals surface area contributed by atoms with Crippen LogP contribution < -0.4 is 4.43 Å². The van der Waals surface area contributed by atoms with Gasteiger partial charge in [0, 0.05) is 5.41 Å². The number of rotatable bonds is 2. The zero-order valence-electron chi connectivity index (χ0n) is 18.8. The van der Waals surface area contributed by atoms with Gasteiger partial charge in [-0.15, -0.1) is 0 Å². The van der Waals surface area contributed by atoms with Crippen molar-refractivity contribution in [3.63, 3.8) is 0 Å². The van der Waals surface area contributed by atoms with E-state index in [2.05, 4.69) is 65.1 Å². The van der Waals surface area contributed by atoms with Crippen molar-refractivity contribution in [2.75, 3.05) is 0 Å². The summed E-state index contributed by atoms with van der Waals surface area (Å²) in [5.41, 5.74) is 2.63. The van der Waals surface area contributed by atoms with Crippen LogP contribution in [0.25, 0.3) is 0 Å². The molecule has 4 rings (SSSR count). The molecule has 3 aliphatic carbocycles. The predicted molar refractivity (Wildman–Crippen MR) is 118 cm³/mol. The van der Waals surface area contributed by atoms with Crippen LogP contribution in [-0.2, 0) is 11.2 Å². The first-order valence-electron chi connectivity index (χ1n) is 11.2. The van der Waals surface area contributed by atoms with E-state index in [1.54, 1.807) is 0 Å². The molecule has 2 fully saturated rings.